The second-order valence-electron chi connectivity index (χ2n) is 4.10. The molecule has 1 heterocycles. The number of carbonyl (C=O) groups is 1. The Labute approximate surface area is 105 Å². The summed E-state index contributed by atoms with van der Waals surface area (Å²) in [7, 11) is -1.71. The van der Waals surface area contributed by atoms with Crippen molar-refractivity contribution >= 4 is 23.8 Å². The third-order valence-corrected chi connectivity index (χ3v) is 5.75. The van der Waals surface area contributed by atoms with E-state index in [1.165, 1.54) is 7.11 Å². The summed E-state index contributed by atoms with van der Waals surface area (Å²) >= 11 is 0. The second kappa shape index (κ2) is 3.91. The lowest BCUT2D eigenvalue weighted by Crippen LogP contribution is -2.32. The number of hydrogen-bond acceptors (Lipinski definition) is 3. The molecule has 0 aliphatic carbocycles. The van der Waals surface area contributed by atoms with Gasteiger partial charge < -0.3 is 4.52 Å². The summed E-state index contributed by atoms with van der Waals surface area (Å²) in [5.41, 5.74) is 0.947. The van der Waals surface area contributed by atoms with E-state index in [2.05, 4.69) is 0 Å². The molecule has 1 aliphatic rings. The molecule has 0 aromatic heterocycles. The maximum Gasteiger partial charge on any atom is 0.262 e. The van der Waals surface area contributed by atoms with E-state index in [0.29, 0.717) is 21.7 Å². The van der Waals surface area contributed by atoms with E-state index < -0.39 is 7.37 Å². The molecule has 3 nitrogen and oxygen atoms in total. The Bertz CT molecular complexity index is 637. The molecule has 18 heavy (non-hydrogen) atoms. The van der Waals surface area contributed by atoms with Crippen LogP contribution in [0.25, 0.3) is 0 Å². The van der Waals surface area contributed by atoms with E-state index in [0.717, 1.165) is 0 Å². The van der Waals surface area contributed by atoms with Crippen molar-refractivity contribution < 1.29 is 13.9 Å². The van der Waals surface area contributed by atoms with Crippen LogP contribution in [0.15, 0.2) is 48.5 Å². The first-order valence-electron chi connectivity index (χ1n) is 5.58. The molecule has 2 aromatic rings. The van der Waals surface area contributed by atoms with Crippen molar-refractivity contribution in [1.29, 1.82) is 0 Å². The van der Waals surface area contributed by atoms with Crippen LogP contribution in [0.1, 0.15) is 15.9 Å². The molecule has 0 amide bonds. The molecule has 1 aliphatic heterocycles. The maximum atomic E-state index is 13.0. The van der Waals surface area contributed by atoms with Gasteiger partial charge in [-0.1, -0.05) is 36.4 Å². The average Bonchev–Trinajstić information content (AvgIpc) is 2.45. The van der Waals surface area contributed by atoms with Crippen LogP contribution in [0.4, 0.5) is 0 Å². The largest absolute Gasteiger partial charge is 0.325 e. The van der Waals surface area contributed by atoms with E-state index >= 15 is 0 Å². The molecule has 0 N–H and O–H groups in total. The third kappa shape index (κ3) is 1.35. The van der Waals surface area contributed by atoms with Gasteiger partial charge in [-0.15, -0.1) is 0 Å². The molecule has 0 saturated carbocycles. The van der Waals surface area contributed by atoms with Gasteiger partial charge in [0.15, 0.2) is 5.78 Å². The lowest BCUT2D eigenvalue weighted by Gasteiger charge is -2.25. The van der Waals surface area contributed by atoms with Gasteiger partial charge in [-0.05, 0) is 12.1 Å². The van der Waals surface area contributed by atoms with Gasteiger partial charge in [0.1, 0.15) is 0 Å². The molecule has 0 atom stereocenters. The molecule has 0 fully saturated rings. The lowest BCUT2D eigenvalue weighted by atomic mass is 10.0. The minimum absolute atomic E-state index is 0.0928. The Hall–Kier alpha value is -1.70. The molecular formula is C14H11O3P. The Morgan fingerprint density at radius 2 is 1.33 bits per heavy atom. The highest BCUT2D eigenvalue weighted by atomic mass is 31.2. The van der Waals surface area contributed by atoms with Crippen LogP contribution in [-0.4, -0.2) is 12.9 Å². The van der Waals surface area contributed by atoms with Crippen molar-refractivity contribution in [3.63, 3.8) is 0 Å². The van der Waals surface area contributed by atoms with Crippen molar-refractivity contribution in [2.75, 3.05) is 7.11 Å². The summed E-state index contributed by atoms with van der Waals surface area (Å²) in [5.74, 6) is -0.0928. The standard InChI is InChI=1S/C14H11O3P/c1-17-18(16)12-8-4-2-6-10(12)14(15)11-7-3-5-9-13(11)18/h2-9H,1H3. The molecule has 2 aromatic carbocycles. The maximum absolute atomic E-state index is 13.0. The lowest BCUT2D eigenvalue weighted by molar-refractivity contribution is 0.103. The first kappa shape index (κ1) is 11.4. The molecular weight excluding hydrogens is 247 g/mol. The SMILES string of the molecule is COP1(=O)c2ccccc2C(=O)c2ccccc21. The fourth-order valence-electron chi connectivity index (χ4n) is 2.32. The molecule has 0 unspecified atom stereocenters. The summed E-state index contributed by atoms with van der Waals surface area (Å²) in [4.78, 5) is 12.3. The minimum atomic E-state index is -3.13. The Morgan fingerprint density at radius 3 is 1.78 bits per heavy atom. The average molecular weight is 258 g/mol. The van der Waals surface area contributed by atoms with E-state index in [4.69, 9.17) is 4.52 Å². The topological polar surface area (TPSA) is 43.4 Å². The number of hydrogen-bond donors (Lipinski definition) is 0. The van der Waals surface area contributed by atoms with Crippen molar-refractivity contribution in [2.45, 2.75) is 0 Å². The summed E-state index contributed by atoms with van der Waals surface area (Å²) in [6, 6.07) is 13.9. The molecule has 0 radical (unpaired) electrons. The number of ketones is 1. The zero-order valence-corrected chi connectivity index (χ0v) is 10.7. The monoisotopic (exact) mass is 258 g/mol. The Kier molecular flexibility index (Phi) is 2.47. The molecule has 90 valence electrons. The summed E-state index contributed by atoms with van der Waals surface area (Å²) in [6.07, 6.45) is 0. The van der Waals surface area contributed by atoms with Crippen LogP contribution >= 0.6 is 7.37 Å². The van der Waals surface area contributed by atoms with Crippen molar-refractivity contribution in [3.8, 4) is 0 Å². The Morgan fingerprint density at radius 1 is 0.889 bits per heavy atom. The number of benzene rings is 2. The second-order valence-corrected chi connectivity index (χ2v) is 6.53. The molecule has 4 heteroatoms. The van der Waals surface area contributed by atoms with Crippen LogP contribution < -0.4 is 10.6 Å². The highest BCUT2D eigenvalue weighted by Gasteiger charge is 2.39. The van der Waals surface area contributed by atoms with Crippen LogP contribution in [-0.2, 0) is 9.09 Å². The minimum Gasteiger partial charge on any atom is -0.325 e. The van der Waals surface area contributed by atoms with Crippen molar-refractivity contribution in [3.05, 3.63) is 59.7 Å². The third-order valence-electron chi connectivity index (χ3n) is 3.19. The zero-order valence-electron chi connectivity index (χ0n) is 9.79. The van der Waals surface area contributed by atoms with Gasteiger partial charge in [0.05, 0.1) is 10.6 Å². The van der Waals surface area contributed by atoms with E-state index in [9.17, 15) is 9.36 Å². The molecule has 0 bridgehead atoms. The highest BCUT2D eigenvalue weighted by molar-refractivity contribution is 7.75. The predicted octanol–water partition coefficient (Wildman–Crippen LogP) is 2.11. The van der Waals surface area contributed by atoms with Gasteiger partial charge in [-0.2, -0.15) is 0 Å². The van der Waals surface area contributed by atoms with Gasteiger partial charge in [0, 0.05) is 18.2 Å². The van der Waals surface area contributed by atoms with Gasteiger partial charge in [-0.3, -0.25) is 9.36 Å². The van der Waals surface area contributed by atoms with Gasteiger partial charge in [0.25, 0.3) is 7.37 Å². The zero-order chi connectivity index (χ0) is 12.8. The van der Waals surface area contributed by atoms with Crippen LogP contribution in [0.5, 0.6) is 0 Å². The van der Waals surface area contributed by atoms with E-state index in [1.807, 2.05) is 0 Å². The predicted molar refractivity (Wildman–Crippen MR) is 70.2 cm³/mol. The van der Waals surface area contributed by atoms with E-state index in [1.54, 1.807) is 48.5 Å². The van der Waals surface area contributed by atoms with Gasteiger partial charge in [0.2, 0.25) is 0 Å². The molecule has 0 saturated heterocycles. The molecule has 0 spiro atoms. The fraction of sp³-hybridized carbons (Fsp3) is 0.0714. The summed E-state index contributed by atoms with van der Waals surface area (Å²) in [6.45, 7) is 0. The fourth-order valence-corrected chi connectivity index (χ4v) is 4.52. The molecule has 3 rings (SSSR count). The normalized spacial score (nSPS) is 15.9. The number of fused-ring (bicyclic) bond motifs is 2. The van der Waals surface area contributed by atoms with Gasteiger partial charge in [-0.25, -0.2) is 0 Å². The first-order valence-corrected chi connectivity index (χ1v) is 7.20. The smallest absolute Gasteiger partial charge is 0.262 e. The van der Waals surface area contributed by atoms with Crippen LogP contribution in [0, 0.1) is 0 Å². The van der Waals surface area contributed by atoms with Crippen molar-refractivity contribution in [1.82, 2.24) is 0 Å². The Balaban J connectivity index is 2.42. The van der Waals surface area contributed by atoms with Crippen LogP contribution in [0.3, 0.4) is 0 Å². The first-order chi connectivity index (χ1) is 8.68. The quantitative estimate of drug-likeness (QED) is 0.736. The highest BCUT2D eigenvalue weighted by Crippen LogP contribution is 2.48. The summed E-state index contributed by atoms with van der Waals surface area (Å²) in [5, 5.41) is 0.993. The summed E-state index contributed by atoms with van der Waals surface area (Å²) < 4.78 is 18.3. The van der Waals surface area contributed by atoms with E-state index in [-0.39, 0.29) is 5.78 Å². The van der Waals surface area contributed by atoms with Gasteiger partial charge >= 0.3 is 0 Å². The van der Waals surface area contributed by atoms with Crippen LogP contribution in [0.2, 0.25) is 0 Å². The number of carbonyl (C=O) groups excluding carboxylic acids is 1. The number of rotatable bonds is 1. The van der Waals surface area contributed by atoms with Crippen molar-refractivity contribution in [2.24, 2.45) is 0 Å².